The van der Waals surface area contributed by atoms with E-state index in [2.05, 4.69) is 59.3 Å². The number of carbonyl (C=O) groups excluding carboxylic acids is 1. The largest absolute Gasteiger partial charge is 0.381 e. The third-order valence-electron chi connectivity index (χ3n) is 7.18. The zero-order valence-electron chi connectivity index (χ0n) is 19.3. The molecule has 0 radical (unpaired) electrons. The van der Waals surface area contributed by atoms with Gasteiger partial charge in [-0.1, -0.05) is 42.0 Å². The van der Waals surface area contributed by atoms with E-state index in [1.54, 1.807) is 0 Å². The highest BCUT2D eigenvalue weighted by atomic mass is 16.5. The number of hydrogen-bond donors (Lipinski definition) is 0. The maximum absolute atomic E-state index is 14.1. The van der Waals surface area contributed by atoms with Gasteiger partial charge in [-0.3, -0.25) is 9.78 Å². The van der Waals surface area contributed by atoms with Crippen LogP contribution in [0.1, 0.15) is 29.5 Å². The zero-order valence-corrected chi connectivity index (χ0v) is 19.3. The molecule has 1 unspecified atom stereocenters. The minimum Gasteiger partial charge on any atom is -0.381 e. The van der Waals surface area contributed by atoms with Gasteiger partial charge in [0, 0.05) is 50.0 Å². The van der Waals surface area contributed by atoms with E-state index >= 15 is 0 Å². The van der Waals surface area contributed by atoms with Crippen LogP contribution in [0.15, 0.2) is 60.9 Å². The number of nitrogens with zero attached hydrogens (tertiary/aromatic N) is 2. The first-order valence-electron chi connectivity index (χ1n) is 12.0. The molecule has 2 saturated heterocycles. The number of pyridine rings is 1. The Bertz CT molecular complexity index is 1120. The van der Waals surface area contributed by atoms with E-state index in [9.17, 15) is 4.79 Å². The average molecular weight is 445 g/mol. The van der Waals surface area contributed by atoms with Crippen molar-refractivity contribution in [1.82, 2.24) is 9.88 Å². The monoisotopic (exact) mass is 444 g/mol. The van der Waals surface area contributed by atoms with Crippen LogP contribution in [0.3, 0.4) is 0 Å². The van der Waals surface area contributed by atoms with Gasteiger partial charge in [-0.25, -0.2) is 0 Å². The maximum Gasteiger partial charge on any atom is 0.233 e. The van der Waals surface area contributed by atoms with E-state index in [0.29, 0.717) is 33.0 Å². The Morgan fingerprint density at radius 3 is 2.79 bits per heavy atom. The standard InChI is InChI=1S/C28H32N2O3/c1-21-3-2-4-26(15-21)28(8-12-32-13-9-28)27(31)30-11-14-33-20-23(19-30)16-22-5-6-24-7-10-29-18-25(24)17-22/h2-7,10,15,17-18,23H,8-9,11-14,16,19-20H2,1H3. The van der Waals surface area contributed by atoms with Crippen LogP contribution < -0.4 is 0 Å². The number of aryl methyl sites for hydroxylation is 1. The van der Waals surface area contributed by atoms with Gasteiger partial charge in [-0.2, -0.15) is 0 Å². The molecule has 0 saturated carbocycles. The van der Waals surface area contributed by atoms with Gasteiger partial charge in [-0.05, 0) is 54.8 Å². The molecule has 1 atom stereocenters. The van der Waals surface area contributed by atoms with Crippen molar-refractivity contribution in [1.29, 1.82) is 0 Å². The van der Waals surface area contributed by atoms with E-state index in [-0.39, 0.29) is 11.8 Å². The van der Waals surface area contributed by atoms with Crippen molar-refractivity contribution in [3.05, 3.63) is 77.6 Å². The number of hydrogen-bond acceptors (Lipinski definition) is 4. The summed E-state index contributed by atoms with van der Waals surface area (Å²) in [5, 5.41) is 2.35. The Balaban J connectivity index is 1.38. The molecule has 2 aliphatic rings. The van der Waals surface area contributed by atoms with Crippen LogP contribution in [-0.2, 0) is 26.1 Å². The lowest BCUT2D eigenvalue weighted by molar-refractivity contribution is -0.141. The first-order chi connectivity index (χ1) is 16.1. The second-order valence-electron chi connectivity index (χ2n) is 9.52. The fraction of sp³-hybridized carbons (Fsp3) is 0.429. The number of ether oxygens (including phenoxy) is 2. The number of rotatable bonds is 4. The molecule has 0 N–H and O–H groups in total. The fourth-order valence-electron chi connectivity index (χ4n) is 5.37. The number of benzene rings is 2. The third-order valence-corrected chi connectivity index (χ3v) is 7.18. The average Bonchev–Trinajstić information content (AvgIpc) is 3.09. The lowest BCUT2D eigenvalue weighted by atomic mass is 9.72. The number of aromatic nitrogens is 1. The SMILES string of the molecule is Cc1cccc(C2(C(=O)N3CCOCC(Cc4ccc5ccncc5c4)C3)CCOCC2)c1. The number of carbonyl (C=O) groups is 1. The molecular weight excluding hydrogens is 412 g/mol. The number of amides is 1. The first-order valence-corrected chi connectivity index (χ1v) is 12.0. The molecule has 33 heavy (non-hydrogen) atoms. The highest BCUT2D eigenvalue weighted by Gasteiger charge is 2.44. The fourth-order valence-corrected chi connectivity index (χ4v) is 5.37. The molecule has 3 heterocycles. The van der Waals surface area contributed by atoms with Gasteiger partial charge in [0.25, 0.3) is 0 Å². The predicted molar refractivity (Wildman–Crippen MR) is 129 cm³/mol. The van der Waals surface area contributed by atoms with Crippen molar-refractivity contribution in [3.8, 4) is 0 Å². The number of fused-ring (bicyclic) bond motifs is 1. The van der Waals surface area contributed by atoms with Gasteiger partial charge in [-0.15, -0.1) is 0 Å². The summed E-state index contributed by atoms with van der Waals surface area (Å²) in [6, 6.07) is 17.0. The quantitative estimate of drug-likeness (QED) is 0.602. The molecule has 0 bridgehead atoms. The summed E-state index contributed by atoms with van der Waals surface area (Å²) < 4.78 is 11.6. The molecule has 2 aromatic carbocycles. The summed E-state index contributed by atoms with van der Waals surface area (Å²) in [5.74, 6) is 0.495. The van der Waals surface area contributed by atoms with Crippen LogP contribution in [0, 0.1) is 12.8 Å². The van der Waals surface area contributed by atoms with Gasteiger partial charge in [0.15, 0.2) is 0 Å². The molecule has 2 aliphatic heterocycles. The summed E-state index contributed by atoms with van der Waals surface area (Å²) in [6.07, 6.45) is 6.08. The van der Waals surface area contributed by atoms with Crippen LogP contribution >= 0.6 is 0 Å². The second kappa shape index (κ2) is 9.62. The molecular formula is C28H32N2O3. The molecule has 2 fully saturated rings. The molecule has 5 heteroatoms. The molecule has 0 spiro atoms. The van der Waals surface area contributed by atoms with Crippen LogP contribution in [0.4, 0.5) is 0 Å². The summed E-state index contributed by atoms with van der Waals surface area (Å²) in [5.41, 5.74) is 3.07. The normalized spacial score (nSPS) is 21.0. The van der Waals surface area contributed by atoms with Gasteiger partial charge < -0.3 is 14.4 Å². The van der Waals surface area contributed by atoms with Gasteiger partial charge in [0.05, 0.1) is 18.6 Å². The third kappa shape index (κ3) is 4.66. The minimum absolute atomic E-state index is 0.231. The van der Waals surface area contributed by atoms with Gasteiger partial charge in [0.2, 0.25) is 5.91 Å². The van der Waals surface area contributed by atoms with Crippen molar-refractivity contribution < 1.29 is 14.3 Å². The van der Waals surface area contributed by atoms with E-state index in [1.807, 2.05) is 18.5 Å². The zero-order chi connectivity index (χ0) is 22.7. The Morgan fingerprint density at radius 2 is 1.94 bits per heavy atom. The molecule has 1 amide bonds. The van der Waals surface area contributed by atoms with Crippen molar-refractivity contribution >= 4 is 16.7 Å². The Kier molecular flexibility index (Phi) is 6.43. The highest BCUT2D eigenvalue weighted by molar-refractivity contribution is 5.88. The highest BCUT2D eigenvalue weighted by Crippen LogP contribution is 2.37. The maximum atomic E-state index is 14.1. The summed E-state index contributed by atoms with van der Waals surface area (Å²) in [6.45, 7) is 5.97. The van der Waals surface area contributed by atoms with Crippen molar-refractivity contribution in [3.63, 3.8) is 0 Å². The van der Waals surface area contributed by atoms with E-state index in [1.165, 1.54) is 16.5 Å². The smallest absolute Gasteiger partial charge is 0.233 e. The lowest BCUT2D eigenvalue weighted by Gasteiger charge is -2.40. The molecule has 1 aromatic heterocycles. The summed E-state index contributed by atoms with van der Waals surface area (Å²) in [4.78, 5) is 20.4. The van der Waals surface area contributed by atoms with Crippen molar-refractivity contribution in [2.75, 3.05) is 39.5 Å². The Hall–Kier alpha value is -2.76. The van der Waals surface area contributed by atoms with Crippen LogP contribution in [0.2, 0.25) is 0 Å². The summed E-state index contributed by atoms with van der Waals surface area (Å²) >= 11 is 0. The molecule has 172 valence electrons. The minimum atomic E-state index is -0.506. The topological polar surface area (TPSA) is 51.7 Å². The molecule has 3 aromatic rings. The van der Waals surface area contributed by atoms with Crippen molar-refractivity contribution in [2.24, 2.45) is 5.92 Å². The Labute approximate surface area is 195 Å². The van der Waals surface area contributed by atoms with E-state index < -0.39 is 5.41 Å². The van der Waals surface area contributed by atoms with E-state index in [4.69, 9.17) is 9.47 Å². The lowest BCUT2D eigenvalue weighted by Crippen LogP contribution is -2.51. The van der Waals surface area contributed by atoms with Gasteiger partial charge >= 0.3 is 0 Å². The van der Waals surface area contributed by atoms with Crippen LogP contribution in [-0.4, -0.2) is 55.3 Å². The molecule has 5 nitrogen and oxygen atoms in total. The van der Waals surface area contributed by atoms with E-state index in [0.717, 1.165) is 36.8 Å². The van der Waals surface area contributed by atoms with Crippen LogP contribution in [0.5, 0.6) is 0 Å². The summed E-state index contributed by atoms with van der Waals surface area (Å²) in [7, 11) is 0. The molecule has 0 aliphatic carbocycles. The Morgan fingerprint density at radius 1 is 1.06 bits per heavy atom. The van der Waals surface area contributed by atoms with Gasteiger partial charge in [0.1, 0.15) is 0 Å². The first kappa shape index (κ1) is 22.1. The van der Waals surface area contributed by atoms with Crippen molar-refractivity contribution in [2.45, 2.75) is 31.6 Å². The second-order valence-corrected chi connectivity index (χ2v) is 9.52. The van der Waals surface area contributed by atoms with Crippen LogP contribution in [0.25, 0.3) is 10.8 Å². The molecule has 5 rings (SSSR count). The predicted octanol–water partition coefficient (Wildman–Crippen LogP) is 4.31.